The molecule has 158 valence electrons. The smallest absolute Gasteiger partial charge is 0.109 e. The van der Waals surface area contributed by atoms with E-state index in [4.69, 9.17) is 0 Å². The van der Waals surface area contributed by atoms with E-state index >= 15 is 0 Å². The summed E-state index contributed by atoms with van der Waals surface area (Å²) < 4.78 is 0. The summed E-state index contributed by atoms with van der Waals surface area (Å²) >= 11 is 0. The summed E-state index contributed by atoms with van der Waals surface area (Å²) in [4.78, 5) is 4.62. The molecule has 0 heterocycles. The fourth-order valence-electron chi connectivity index (χ4n) is 4.28. The Morgan fingerprint density at radius 1 is 1.33 bits per heavy atom. The van der Waals surface area contributed by atoms with Crippen molar-refractivity contribution < 1.29 is 10.2 Å². The van der Waals surface area contributed by atoms with Crippen molar-refractivity contribution >= 4 is 11.8 Å². The Kier molecular flexibility index (Phi) is 7.68. The Bertz CT molecular complexity index is 913. The lowest BCUT2D eigenvalue weighted by atomic mass is 9.75. The topological polar surface area (TPSA) is 52.8 Å². The molecule has 0 saturated heterocycles. The number of fused-ring (bicyclic) bond motifs is 1. The molecule has 0 aromatic heterocycles. The quantitative estimate of drug-likeness (QED) is 0.260. The number of aliphatic hydroxyl groups is 2. The van der Waals surface area contributed by atoms with Crippen molar-refractivity contribution in [2.45, 2.75) is 45.6 Å². The highest BCUT2D eigenvalue weighted by Gasteiger charge is 2.30. The Labute approximate surface area is 180 Å². The maximum Gasteiger partial charge on any atom is 0.109 e. The molecule has 1 aromatic rings. The minimum Gasteiger partial charge on any atom is -0.511 e. The summed E-state index contributed by atoms with van der Waals surface area (Å²) in [5.74, 6) is 0.658. The maximum atomic E-state index is 11.4. The summed E-state index contributed by atoms with van der Waals surface area (Å²) in [7, 11) is 0. The first-order chi connectivity index (χ1) is 14.6. The molecule has 3 rings (SSSR count). The number of hydrogen-bond donors (Lipinski definition) is 2. The SMILES string of the molecule is C=C=C/C=C(/C1=C(O)C(C=N[C@H](CO)C(C)C)Cc2ccccc21)C1C=CCCC1. The van der Waals surface area contributed by atoms with E-state index in [0.29, 0.717) is 12.2 Å². The second kappa shape index (κ2) is 10.4. The van der Waals surface area contributed by atoms with Gasteiger partial charge < -0.3 is 10.2 Å². The summed E-state index contributed by atoms with van der Waals surface area (Å²) in [5, 5.41) is 21.0. The fraction of sp³-hybridized carbons (Fsp3) is 0.407. The molecule has 0 fully saturated rings. The minimum atomic E-state index is -0.202. The van der Waals surface area contributed by atoms with Crippen LogP contribution in [-0.2, 0) is 6.42 Å². The van der Waals surface area contributed by atoms with Crippen LogP contribution < -0.4 is 0 Å². The van der Waals surface area contributed by atoms with Crippen molar-refractivity contribution in [3.63, 3.8) is 0 Å². The van der Waals surface area contributed by atoms with Gasteiger partial charge in [-0.2, -0.15) is 0 Å². The predicted molar refractivity (Wildman–Crippen MR) is 126 cm³/mol. The number of allylic oxidation sites excluding steroid dienone is 7. The third kappa shape index (κ3) is 4.92. The van der Waals surface area contributed by atoms with Crippen molar-refractivity contribution in [3.8, 4) is 0 Å². The molecule has 3 atom stereocenters. The van der Waals surface area contributed by atoms with Crippen LogP contribution in [0.3, 0.4) is 0 Å². The molecule has 2 aliphatic rings. The van der Waals surface area contributed by atoms with E-state index in [1.165, 1.54) is 5.56 Å². The summed E-state index contributed by atoms with van der Waals surface area (Å²) in [6.45, 7) is 7.82. The average Bonchev–Trinajstić information content (AvgIpc) is 2.76. The number of nitrogens with zero attached hydrogens (tertiary/aromatic N) is 1. The molecule has 0 spiro atoms. The van der Waals surface area contributed by atoms with Crippen molar-refractivity contribution in [2.75, 3.05) is 6.61 Å². The highest BCUT2D eigenvalue weighted by molar-refractivity contribution is 5.88. The van der Waals surface area contributed by atoms with Gasteiger partial charge in [-0.1, -0.05) is 56.8 Å². The monoisotopic (exact) mass is 403 g/mol. The van der Waals surface area contributed by atoms with Gasteiger partial charge >= 0.3 is 0 Å². The zero-order valence-electron chi connectivity index (χ0n) is 18.1. The van der Waals surface area contributed by atoms with Gasteiger partial charge in [-0.3, -0.25) is 4.99 Å². The third-order valence-corrected chi connectivity index (χ3v) is 6.07. The standard InChI is InChI=1S/C27H33NO2/c1-4-5-14-23(20-11-7-6-8-12-20)26-24-15-10-9-13-21(24)16-22(27(26)30)17-28-25(18-29)19(2)3/h5,7,9-11,13-15,17,19-20,22,25,29-30H,1,6,8,12,16,18H2,2-3H3/b23-14+,28-17?/t20?,22?,25-/m1/s1. The molecule has 30 heavy (non-hydrogen) atoms. The Morgan fingerprint density at radius 3 is 2.80 bits per heavy atom. The average molecular weight is 404 g/mol. The molecule has 0 amide bonds. The number of benzene rings is 1. The van der Waals surface area contributed by atoms with Crippen LogP contribution in [0.15, 0.2) is 77.2 Å². The molecule has 2 N–H and O–H groups in total. The molecule has 0 bridgehead atoms. The first-order valence-electron chi connectivity index (χ1n) is 10.9. The van der Waals surface area contributed by atoms with Crippen molar-refractivity contribution in [3.05, 3.63) is 83.3 Å². The van der Waals surface area contributed by atoms with Gasteiger partial charge in [-0.25, -0.2) is 0 Å². The van der Waals surface area contributed by atoms with E-state index in [1.54, 1.807) is 0 Å². The third-order valence-electron chi connectivity index (χ3n) is 6.07. The van der Waals surface area contributed by atoms with E-state index in [1.807, 2.05) is 44.3 Å². The van der Waals surface area contributed by atoms with Crippen LogP contribution in [-0.4, -0.2) is 29.1 Å². The molecule has 3 nitrogen and oxygen atoms in total. The fourth-order valence-corrected chi connectivity index (χ4v) is 4.28. The van der Waals surface area contributed by atoms with Crippen molar-refractivity contribution in [1.29, 1.82) is 0 Å². The highest BCUT2D eigenvalue weighted by atomic mass is 16.3. The van der Waals surface area contributed by atoms with Gasteiger partial charge in [-0.05, 0) is 60.5 Å². The first-order valence-corrected chi connectivity index (χ1v) is 10.9. The number of aliphatic imine (C=N–C) groups is 1. The molecule has 0 radical (unpaired) electrons. The lowest BCUT2D eigenvalue weighted by Crippen LogP contribution is -2.23. The van der Waals surface area contributed by atoms with E-state index in [-0.39, 0.29) is 30.4 Å². The second-order valence-corrected chi connectivity index (χ2v) is 8.48. The highest BCUT2D eigenvalue weighted by Crippen LogP contribution is 2.42. The summed E-state index contributed by atoms with van der Waals surface area (Å²) in [6, 6.07) is 8.14. The second-order valence-electron chi connectivity index (χ2n) is 8.48. The van der Waals surface area contributed by atoms with Crippen molar-refractivity contribution in [2.24, 2.45) is 22.7 Å². The van der Waals surface area contributed by atoms with Gasteiger partial charge in [0.25, 0.3) is 0 Å². The number of rotatable bonds is 7. The summed E-state index contributed by atoms with van der Waals surface area (Å²) in [6.07, 6.45) is 14.2. The molecule has 0 aliphatic heterocycles. The van der Waals surface area contributed by atoms with Gasteiger partial charge in [0.15, 0.2) is 0 Å². The van der Waals surface area contributed by atoms with E-state index in [0.717, 1.165) is 36.0 Å². The summed E-state index contributed by atoms with van der Waals surface area (Å²) in [5.41, 5.74) is 7.16. The van der Waals surface area contributed by atoms with E-state index in [2.05, 4.69) is 41.6 Å². The van der Waals surface area contributed by atoms with Crippen LogP contribution in [0.25, 0.3) is 5.57 Å². The largest absolute Gasteiger partial charge is 0.511 e. The zero-order valence-corrected chi connectivity index (χ0v) is 18.1. The first kappa shape index (κ1) is 22.1. The van der Waals surface area contributed by atoms with E-state index < -0.39 is 0 Å². The Balaban J connectivity index is 2.10. The zero-order chi connectivity index (χ0) is 21.5. The normalized spacial score (nSPS) is 22.9. The molecule has 1 aromatic carbocycles. The Hall–Kier alpha value is -2.61. The minimum absolute atomic E-state index is 0.0109. The van der Waals surface area contributed by atoms with Gasteiger partial charge in [0.05, 0.1) is 18.6 Å². The van der Waals surface area contributed by atoms with E-state index in [9.17, 15) is 10.2 Å². The predicted octanol–water partition coefficient (Wildman–Crippen LogP) is 5.84. The van der Waals surface area contributed by atoms with Crippen LogP contribution in [0.1, 0.15) is 44.2 Å². The lowest BCUT2D eigenvalue weighted by Gasteiger charge is -2.30. The number of hydrogen-bond acceptors (Lipinski definition) is 3. The molecular weight excluding hydrogens is 370 g/mol. The van der Waals surface area contributed by atoms with Gasteiger partial charge in [-0.15, -0.1) is 5.73 Å². The molecule has 2 unspecified atom stereocenters. The van der Waals surface area contributed by atoms with Gasteiger partial charge in [0, 0.05) is 17.7 Å². The van der Waals surface area contributed by atoms with Crippen LogP contribution >= 0.6 is 0 Å². The lowest BCUT2D eigenvalue weighted by molar-refractivity contribution is 0.239. The molecule has 2 aliphatic carbocycles. The van der Waals surface area contributed by atoms with Crippen LogP contribution in [0, 0.1) is 17.8 Å². The molecule has 3 heteroatoms. The molecule has 0 saturated carbocycles. The Morgan fingerprint density at radius 2 is 2.13 bits per heavy atom. The van der Waals surface area contributed by atoms with Gasteiger partial charge in [0.1, 0.15) is 5.76 Å². The molecular formula is C27H33NO2. The van der Waals surface area contributed by atoms with Crippen LogP contribution in [0.2, 0.25) is 0 Å². The number of aliphatic hydroxyl groups excluding tert-OH is 2. The van der Waals surface area contributed by atoms with Crippen molar-refractivity contribution in [1.82, 2.24) is 0 Å². The van der Waals surface area contributed by atoms with Crippen LogP contribution in [0.5, 0.6) is 0 Å². The van der Waals surface area contributed by atoms with Crippen LogP contribution in [0.4, 0.5) is 0 Å². The van der Waals surface area contributed by atoms with Gasteiger partial charge in [0.2, 0.25) is 0 Å². The maximum absolute atomic E-state index is 11.4.